The Morgan fingerprint density at radius 1 is 1.21 bits per heavy atom. The predicted octanol–water partition coefficient (Wildman–Crippen LogP) is 3.73. The van der Waals surface area contributed by atoms with E-state index in [9.17, 15) is 4.79 Å². The first-order valence-corrected chi connectivity index (χ1v) is 6.98. The van der Waals surface area contributed by atoms with Crippen molar-refractivity contribution >= 4 is 21.8 Å². The Kier molecular flexibility index (Phi) is 4.68. The maximum Gasteiger partial charge on any atom is 0.270 e. The summed E-state index contributed by atoms with van der Waals surface area (Å²) in [5.41, 5.74) is 1.53. The topological polar surface area (TPSA) is 42.0 Å². The summed E-state index contributed by atoms with van der Waals surface area (Å²) in [7, 11) is 0. The van der Waals surface area contributed by atoms with Crippen molar-refractivity contribution in [2.24, 2.45) is 0 Å². The molecule has 0 aliphatic rings. The second-order valence-corrected chi connectivity index (χ2v) is 5.00. The van der Waals surface area contributed by atoms with Crippen molar-refractivity contribution < 1.29 is 4.79 Å². The van der Waals surface area contributed by atoms with Crippen molar-refractivity contribution in [1.29, 1.82) is 0 Å². The highest BCUT2D eigenvalue weighted by atomic mass is 79.9. The van der Waals surface area contributed by atoms with Crippen LogP contribution in [0.1, 0.15) is 35.4 Å². The smallest absolute Gasteiger partial charge is 0.270 e. The van der Waals surface area contributed by atoms with Gasteiger partial charge in [0.15, 0.2) is 0 Å². The van der Waals surface area contributed by atoms with Gasteiger partial charge in [-0.1, -0.05) is 43.3 Å². The molecule has 1 atom stereocenters. The molecule has 4 heteroatoms. The molecule has 0 saturated heterocycles. The van der Waals surface area contributed by atoms with Crippen molar-refractivity contribution in [3.8, 4) is 0 Å². The average molecular weight is 319 g/mol. The molecule has 0 fully saturated rings. The SMILES string of the molecule is CCC(NC(=O)c1cccc(Br)n1)c1ccccc1. The number of aromatic nitrogens is 1. The maximum absolute atomic E-state index is 12.1. The first kappa shape index (κ1) is 13.7. The number of hydrogen-bond acceptors (Lipinski definition) is 2. The second kappa shape index (κ2) is 6.48. The van der Waals surface area contributed by atoms with Gasteiger partial charge >= 0.3 is 0 Å². The Bertz CT molecular complexity index is 557. The highest BCUT2D eigenvalue weighted by Gasteiger charge is 2.14. The van der Waals surface area contributed by atoms with Gasteiger partial charge in [-0.25, -0.2) is 4.98 Å². The van der Waals surface area contributed by atoms with E-state index < -0.39 is 0 Å². The molecule has 0 spiro atoms. The van der Waals surface area contributed by atoms with Crippen LogP contribution in [0.5, 0.6) is 0 Å². The third-order valence-electron chi connectivity index (χ3n) is 2.86. The van der Waals surface area contributed by atoms with Crippen LogP contribution < -0.4 is 5.32 Å². The molecule has 0 aliphatic heterocycles. The molecule has 1 aromatic carbocycles. The van der Waals surface area contributed by atoms with Crippen molar-refractivity contribution in [3.05, 3.63) is 64.4 Å². The van der Waals surface area contributed by atoms with Crippen LogP contribution >= 0.6 is 15.9 Å². The van der Waals surface area contributed by atoms with E-state index in [1.165, 1.54) is 0 Å². The van der Waals surface area contributed by atoms with E-state index in [1.54, 1.807) is 18.2 Å². The summed E-state index contributed by atoms with van der Waals surface area (Å²) in [6.07, 6.45) is 0.837. The lowest BCUT2D eigenvalue weighted by Crippen LogP contribution is -2.28. The number of hydrogen-bond donors (Lipinski definition) is 1. The van der Waals surface area contributed by atoms with Crippen LogP contribution in [0, 0.1) is 0 Å². The summed E-state index contributed by atoms with van der Waals surface area (Å²) >= 11 is 3.27. The summed E-state index contributed by atoms with van der Waals surface area (Å²) in [4.78, 5) is 16.3. The Labute approximate surface area is 121 Å². The van der Waals surface area contributed by atoms with E-state index in [2.05, 4.69) is 26.2 Å². The van der Waals surface area contributed by atoms with Crippen LogP contribution in [0.2, 0.25) is 0 Å². The highest BCUT2D eigenvalue weighted by Crippen LogP contribution is 2.16. The van der Waals surface area contributed by atoms with Gasteiger partial charge in [0.25, 0.3) is 5.91 Å². The van der Waals surface area contributed by atoms with E-state index in [4.69, 9.17) is 0 Å². The molecule has 1 amide bonds. The molecule has 0 aliphatic carbocycles. The molecule has 1 heterocycles. The van der Waals surface area contributed by atoms with Gasteiger partial charge in [0, 0.05) is 0 Å². The Hall–Kier alpha value is -1.68. The molecule has 1 unspecified atom stereocenters. The zero-order valence-electron chi connectivity index (χ0n) is 10.6. The van der Waals surface area contributed by atoms with E-state index in [-0.39, 0.29) is 11.9 Å². The molecular formula is C15H15BrN2O. The number of pyridine rings is 1. The minimum absolute atomic E-state index is 0.00878. The average Bonchev–Trinajstić information content (AvgIpc) is 2.45. The summed E-state index contributed by atoms with van der Waals surface area (Å²) in [6, 6.07) is 15.3. The van der Waals surface area contributed by atoms with Gasteiger partial charge in [-0.15, -0.1) is 0 Å². The van der Waals surface area contributed by atoms with E-state index in [0.717, 1.165) is 12.0 Å². The maximum atomic E-state index is 12.1. The molecular weight excluding hydrogens is 304 g/mol. The van der Waals surface area contributed by atoms with Gasteiger partial charge in [-0.3, -0.25) is 4.79 Å². The first-order valence-electron chi connectivity index (χ1n) is 6.19. The van der Waals surface area contributed by atoms with Gasteiger partial charge in [-0.2, -0.15) is 0 Å². The zero-order valence-corrected chi connectivity index (χ0v) is 12.2. The van der Waals surface area contributed by atoms with Gasteiger partial charge in [0.1, 0.15) is 10.3 Å². The van der Waals surface area contributed by atoms with Crippen LogP contribution in [-0.4, -0.2) is 10.9 Å². The van der Waals surface area contributed by atoms with Crippen LogP contribution in [0.15, 0.2) is 53.1 Å². The molecule has 0 saturated carbocycles. The Balaban J connectivity index is 2.13. The molecule has 0 bridgehead atoms. The lowest BCUT2D eigenvalue weighted by molar-refractivity contribution is 0.0930. The fraction of sp³-hybridized carbons (Fsp3) is 0.200. The third kappa shape index (κ3) is 3.64. The standard InChI is InChI=1S/C15H15BrN2O/c1-2-12(11-7-4-3-5-8-11)18-15(19)13-9-6-10-14(16)17-13/h3-10,12H,2H2,1H3,(H,18,19). The molecule has 2 aromatic rings. The summed E-state index contributed by atoms with van der Waals surface area (Å²) in [6.45, 7) is 2.05. The van der Waals surface area contributed by atoms with E-state index >= 15 is 0 Å². The minimum Gasteiger partial charge on any atom is -0.344 e. The van der Waals surface area contributed by atoms with Crippen LogP contribution in [0.4, 0.5) is 0 Å². The lowest BCUT2D eigenvalue weighted by atomic mass is 10.0. The number of carbonyl (C=O) groups excluding carboxylic acids is 1. The summed E-state index contributed by atoms with van der Waals surface area (Å²) in [5, 5.41) is 3.00. The van der Waals surface area contributed by atoms with Crippen LogP contribution in [0.3, 0.4) is 0 Å². The fourth-order valence-electron chi connectivity index (χ4n) is 1.87. The summed E-state index contributed by atoms with van der Waals surface area (Å²) in [5.74, 6) is -0.156. The van der Waals surface area contributed by atoms with Gasteiger partial charge in [0.2, 0.25) is 0 Å². The molecule has 0 radical (unpaired) electrons. The number of amides is 1. The van der Waals surface area contributed by atoms with Crippen molar-refractivity contribution in [1.82, 2.24) is 10.3 Å². The Morgan fingerprint density at radius 3 is 2.58 bits per heavy atom. The number of nitrogens with one attached hydrogen (secondary N) is 1. The van der Waals surface area contributed by atoms with Crippen molar-refractivity contribution in [2.45, 2.75) is 19.4 Å². The number of benzene rings is 1. The van der Waals surface area contributed by atoms with E-state index in [0.29, 0.717) is 10.3 Å². The van der Waals surface area contributed by atoms with Gasteiger partial charge < -0.3 is 5.32 Å². The predicted molar refractivity (Wildman–Crippen MR) is 78.9 cm³/mol. The van der Waals surface area contributed by atoms with Crippen LogP contribution in [0.25, 0.3) is 0 Å². The number of carbonyl (C=O) groups is 1. The zero-order chi connectivity index (χ0) is 13.7. The van der Waals surface area contributed by atoms with Gasteiger partial charge in [-0.05, 0) is 40.0 Å². The van der Waals surface area contributed by atoms with E-state index in [1.807, 2.05) is 37.3 Å². The lowest BCUT2D eigenvalue weighted by Gasteiger charge is -2.17. The number of halogens is 1. The number of nitrogens with zero attached hydrogens (tertiary/aromatic N) is 1. The van der Waals surface area contributed by atoms with Gasteiger partial charge in [0.05, 0.1) is 6.04 Å². The third-order valence-corrected chi connectivity index (χ3v) is 3.30. The monoisotopic (exact) mass is 318 g/mol. The van der Waals surface area contributed by atoms with Crippen molar-refractivity contribution in [2.75, 3.05) is 0 Å². The van der Waals surface area contributed by atoms with Crippen LogP contribution in [-0.2, 0) is 0 Å². The summed E-state index contributed by atoms with van der Waals surface area (Å²) < 4.78 is 0.660. The molecule has 1 N–H and O–H groups in total. The second-order valence-electron chi connectivity index (χ2n) is 4.19. The molecule has 19 heavy (non-hydrogen) atoms. The van der Waals surface area contributed by atoms with Crippen molar-refractivity contribution in [3.63, 3.8) is 0 Å². The molecule has 2 rings (SSSR count). The fourth-order valence-corrected chi connectivity index (χ4v) is 2.22. The largest absolute Gasteiger partial charge is 0.344 e. The Morgan fingerprint density at radius 2 is 1.95 bits per heavy atom. The molecule has 98 valence electrons. The number of rotatable bonds is 4. The molecule has 3 nitrogen and oxygen atoms in total. The highest BCUT2D eigenvalue weighted by molar-refractivity contribution is 9.10. The first-order chi connectivity index (χ1) is 9.20. The molecule has 1 aromatic heterocycles. The quantitative estimate of drug-likeness (QED) is 0.873. The minimum atomic E-state index is -0.156. The normalized spacial score (nSPS) is 11.9.